The van der Waals surface area contributed by atoms with E-state index >= 15 is 0 Å². The molecule has 100 valence electrons. The molecule has 2 heterocycles. The largest absolute Gasteiger partial charge is 0.311 e. The Morgan fingerprint density at radius 1 is 1.37 bits per heavy atom. The lowest BCUT2D eigenvalue weighted by molar-refractivity contribution is -0.123. The third-order valence-electron chi connectivity index (χ3n) is 3.82. The minimum absolute atomic E-state index is 0.0430. The fourth-order valence-electron chi connectivity index (χ4n) is 2.61. The van der Waals surface area contributed by atoms with Gasteiger partial charge in [-0.15, -0.1) is 0 Å². The second-order valence-corrected chi connectivity index (χ2v) is 6.09. The van der Waals surface area contributed by atoms with Crippen LogP contribution in [0.3, 0.4) is 0 Å². The third kappa shape index (κ3) is 2.21. The lowest BCUT2D eigenvalue weighted by Crippen LogP contribution is -2.41. The van der Waals surface area contributed by atoms with E-state index in [9.17, 15) is 4.79 Å². The topological polar surface area (TPSA) is 53.5 Å². The van der Waals surface area contributed by atoms with Crippen molar-refractivity contribution in [3.8, 4) is 0 Å². The summed E-state index contributed by atoms with van der Waals surface area (Å²) in [7, 11) is 0. The quantitative estimate of drug-likeness (QED) is 0.874. The van der Waals surface area contributed by atoms with E-state index in [1.807, 2.05) is 31.2 Å². The van der Waals surface area contributed by atoms with Crippen LogP contribution in [0.2, 0.25) is 0 Å². The van der Waals surface area contributed by atoms with Crippen LogP contribution < -0.4 is 10.6 Å². The highest BCUT2D eigenvalue weighted by molar-refractivity contribution is 9.10. The van der Waals surface area contributed by atoms with Crippen LogP contribution in [0, 0.1) is 0 Å². The summed E-state index contributed by atoms with van der Waals surface area (Å²) in [6.45, 7) is 2.86. The van der Waals surface area contributed by atoms with Gasteiger partial charge in [0.1, 0.15) is 5.84 Å². The summed E-state index contributed by atoms with van der Waals surface area (Å²) in [5.41, 5.74) is 0.113. The molecule has 1 amide bonds. The number of carbonyl (C=O) groups excluding carboxylic acids is 1. The average molecular weight is 322 g/mol. The Bertz CT molecular complexity index is 534. The van der Waals surface area contributed by atoms with E-state index in [0.29, 0.717) is 0 Å². The Labute approximate surface area is 120 Å². The van der Waals surface area contributed by atoms with Gasteiger partial charge in [0, 0.05) is 4.47 Å². The van der Waals surface area contributed by atoms with Gasteiger partial charge in [-0.05, 0) is 44.0 Å². The first-order chi connectivity index (χ1) is 9.09. The van der Waals surface area contributed by atoms with Crippen molar-refractivity contribution in [2.24, 2.45) is 4.99 Å². The molecule has 4 nitrogen and oxygen atoms in total. The highest BCUT2D eigenvalue weighted by Gasteiger charge is 2.42. The van der Waals surface area contributed by atoms with Gasteiger partial charge < -0.3 is 10.6 Å². The highest BCUT2D eigenvalue weighted by Crippen LogP contribution is 2.31. The SMILES string of the molecule is CC1(c2ccc(Br)cc2)N=C(C2CCCN2)NC1=O. The number of aliphatic imine (C=N–C) groups is 1. The summed E-state index contributed by atoms with van der Waals surface area (Å²) in [5.74, 6) is 0.742. The van der Waals surface area contributed by atoms with Crippen LogP contribution in [0.15, 0.2) is 33.7 Å². The third-order valence-corrected chi connectivity index (χ3v) is 4.35. The monoisotopic (exact) mass is 321 g/mol. The Kier molecular flexibility index (Phi) is 3.19. The molecule has 0 saturated carbocycles. The first kappa shape index (κ1) is 12.8. The second-order valence-electron chi connectivity index (χ2n) is 5.18. The van der Waals surface area contributed by atoms with Gasteiger partial charge in [0.25, 0.3) is 5.91 Å². The molecule has 1 fully saturated rings. The maximum Gasteiger partial charge on any atom is 0.257 e. The number of hydrogen-bond acceptors (Lipinski definition) is 3. The predicted octanol–water partition coefficient (Wildman–Crippen LogP) is 1.94. The van der Waals surface area contributed by atoms with Crippen molar-refractivity contribution in [2.75, 3.05) is 6.54 Å². The molecular formula is C14H16BrN3O. The van der Waals surface area contributed by atoms with Gasteiger partial charge in [0.15, 0.2) is 5.54 Å². The number of halogens is 1. The molecule has 2 aliphatic heterocycles. The standard InChI is InChI=1S/C14H16BrN3O/c1-14(9-4-6-10(15)7-5-9)13(19)17-12(18-14)11-3-2-8-16-11/h4-7,11,16H,2-3,8H2,1H3,(H,17,18,19). The van der Waals surface area contributed by atoms with Gasteiger partial charge in [0.05, 0.1) is 6.04 Å². The van der Waals surface area contributed by atoms with Crippen molar-refractivity contribution in [1.29, 1.82) is 0 Å². The van der Waals surface area contributed by atoms with E-state index in [4.69, 9.17) is 0 Å². The molecule has 2 N–H and O–H groups in total. The average Bonchev–Trinajstić information content (AvgIpc) is 3.00. The number of benzene rings is 1. The smallest absolute Gasteiger partial charge is 0.257 e. The van der Waals surface area contributed by atoms with E-state index in [0.717, 1.165) is 35.3 Å². The number of nitrogens with one attached hydrogen (secondary N) is 2. The van der Waals surface area contributed by atoms with E-state index in [1.54, 1.807) is 0 Å². The first-order valence-corrected chi connectivity index (χ1v) is 7.29. The molecule has 19 heavy (non-hydrogen) atoms. The van der Waals surface area contributed by atoms with Crippen LogP contribution in [-0.4, -0.2) is 24.3 Å². The molecule has 0 aromatic heterocycles. The van der Waals surface area contributed by atoms with E-state index in [-0.39, 0.29) is 11.9 Å². The molecule has 1 aromatic carbocycles. The number of amidine groups is 1. The van der Waals surface area contributed by atoms with Crippen molar-refractivity contribution in [1.82, 2.24) is 10.6 Å². The summed E-state index contributed by atoms with van der Waals surface area (Å²) >= 11 is 3.41. The Balaban J connectivity index is 1.93. The summed E-state index contributed by atoms with van der Waals surface area (Å²) in [6, 6.07) is 7.96. The van der Waals surface area contributed by atoms with Gasteiger partial charge in [-0.2, -0.15) is 0 Å². The highest BCUT2D eigenvalue weighted by atomic mass is 79.9. The second kappa shape index (κ2) is 4.72. The maximum absolute atomic E-state index is 12.3. The van der Waals surface area contributed by atoms with Crippen molar-refractivity contribution in [2.45, 2.75) is 31.3 Å². The number of amides is 1. The molecule has 1 saturated heterocycles. The van der Waals surface area contributed by atoms with Crippen LogP contribution in [0.5, 0.6) is 0 Å². The molecule has 2 aliphatic rings. The minimum atomic E-state index is -0.805. The molecule has 2 atom stereocenters. The maximum atomic E-state index is 12.3. The van der Waals surface area contributed by atoms with Crippen LogP contribution in [0.25, 0.3) is 0 Å². The molecule has 2 unspecified atom stereocenters. The lowest BCUT2D eigenvalue weighted by atomic mass is 9.93. The zero-order valence-corrected chi connectivity index (χ0v) is 12.3. The minimum Gasteiger partial charge on any atom is -0.311 e. The van der Waals surface area contributed by atoms with Gasteiger partial charge in [0.2, 0.25) is 0 Å². The molecule has 1 aromatic rings. The molecule has 3 rings (SSSR count). The fraction of sp³-hybridized carbons (Fsp3) is 0.429. The van der Waals surface area contributed by atoms with Crippen molar-refractivity contribution in [3.05, 3.63) is 34.3 Å². The number of carbonyl (C=O) groups is 1. The predicted molar refractivity (Wildman–Crippen MR) is 78.1 cm³/mol. The Hall–Kier alpha value is -1.20. The van der Waals surface area contributed by atoms with Crippen LogP contribution in [0.1, 0.15) is 25.3 Å². The van der Waals surface area contributed by atoms with E-state index in [2.05, 4.69) is 31.6 Å². The molecule has 0 aliphatic carbocycles. The zero-order chi connectivity index (χ0) is 13.5. The summed E-state index contributed by atoms with van der Waals surface area (Å²) < 4.78 is 1.000. The molecule has 0 bridgehead atoms. The number of rotatable bonds is 2. The molecule has 5 heteroatoms. The van der Waals surface area contributed by atoms with Gasteiger partial charge in [-0.25, -0.2) is 4.99 Å². The summed E-state index contributed by atoms with van der Waals surface area (Å²) in [4.78, 5) is 16.9. The molecular weight excluding hydrogens is 306 g/mol. The normalized spacial score (nSPS) is 30.3. The van der Waals surface area contributed by atoms with E-state index in [1.165, 1.54) is 0 Å². The van der Waals surface area contributed by atoms with Crippen LogP contribution in [-0.2, 0) is 10.3 Å². The van der Waals surface area contributed by atoms with Crippen molar-refractivity contribution >= 4 is 27.7 Å². The number of hydrogen-bond donors (Lipinski definition) is 2. The molecule has 0 spiro atoms. The zero-order valence-electron chi connectivity index (χ0n) is 10.7. The number of nitrogens with zero attached hydrogens (tertiary/aromatic N) is 1. The molecule has 0 radical (unpaired) electrons. The summed E-state index contributed by atoms with van der Waals surface area (Å²) in [5, 5.41) is 6.30. The van der Waals surface area contributed by atoms with Crippen LogP contribution in [0.4, 0.5) is 0 Å². The lowest BCUT2D eigenvalue weighted by Gasteiger charge is -2.18. The van der Waals surface area contributed by atoms with Crippen molar-refractivity contribution in [3.63, 3.8) is 0 Å². The van der Waals surface area contributed by atoms with Gasteiger partial charge in [-0.3, -0.25) is 4.79 Å². The fourth-order valence-corrected chi connectivity index (χ4v) is 2.88. The van der Waals surface area contributed by atoms with Gasteiger partial charge >= 0.3 is 0 Å². The van der Waals surface area contributed by atoms with Crippen LogP contribution >= 0.6 is 15.9 Å². The Morgan fingerprint density at radius 2 is 2.11 bits per heavy atom. The Morgan fingerprint density at radius 3 is 2.74 bits per heavy atom. The van der Waals surface area contributed by atoms with E-state index < -0.39 is 5.54 Å². The van der Waals surface area contributed by atoms with Crippen molar-refractivity contribution < 1.29 is 4.79 Å². The summed E-state index contributed by atoms with van der Waals surface area (Å²) in [6.07, 6.45) is 2.17. The first-order valence-electron chi connectivity index (χ1n) is 6.50. The van der Waals surface area contributed by atoms with Gasteiger partial charge in [-0.1, -0.05) is 28.1 Å².